The van der Waals surface area contributed by atoms with Crippen molar-refractivity contribution in [2.45, 2.75) is 13.3 Å². The minimum Gasteiger partial charge on any atom is -0.383 e. The van der Waals surface area contributed by atoms with Gasteiger partial charge in [0.05, 0.1) is 6.61 Å². The lowest BCUT2D eigenvalue weighted by Gasteiger charge is -2.10. The molecule has 0 unspecified atom stereocenters. The largest absolute Gasteiger partial charge is 0.383 e. The van der Waals surface area contributed by atoms with Crippen molar-refractivity contribution >= 4 is 34.9 Å². The molecular formula is C17H20Cl2N4O2. The van der Waals surface area contributed by atoms with Crippen LogP contribution in [0, 0.1) is 6.92 Å². The number of anilines is 1. The lowest BCUT2D eigenvalue weighted by molar-refractivity contribution is 0.0931. The van der Waals surface area contributed by atoms with Gasteiger partial charge in [0.15, 0.2) is 0 Å². The molecule has 2 N–H and O–H groups in total. The molecule has 0 atom stereocenters. The summed E-state index contributed by atoms with van der Waals surface area (Å²) in [4.78, 5) is 20.5. The first-order valence-corrected chi connectivity index (χ1v) is 8.56. The highest BCUT2D eigenvalue weighted by Gasteiger charge is 2.10. The SMILES string of the molecule is COCCNC(=O)c1cc(NCCc2ccc(Cl)cc2Cl)nc(C)n1. The molecule has 0 bridgehead atoms. The molecule has 0 aliphatic heterocycles. The molecule has 8 heteroatoms. The number of nitrogens with zero attached hydrogens (tertiary/aromatic N) is 2. The second-order valence-electron chi connectivity index (χ2n) is 5.35. The van der Waals surface area contributed by atoms with Crippen molar-refractivity contribution in [2.75, 3.05) is 32.1 Å². The average Bonchev–Trinajstić information content (AvgIpc) is 2.56. The fourth-order valence-electron chi connectivity index (χ4n) is 2.18. The highest BCUT2D eigenvalue weighted by atomic mass is 35.5. The first-order valence-electron chi connectivity index (χ1n) is 7.80. The number of ether oxygens (including phenoxy) is 1. The van der Waals surface area contributed by atoms with Gasteiger partial charge in [0, 0.05) is 36.3 Å². The van der Waals surface area contributed by atoms with Crippen molar-refractivity contribution < 1.29 is 9.53 Å². The minimum absolute atomic E-state index is 0.258. The van der Waals surface area contributed by atoms with E-state index < -0.39 is 0 Å². The Morgan fingerprint density at radius 3 is 2.72 bits per heavy atom. The molecule has 6 nitrogen and oxygen atoms in total. The van der Waals surface area contributed by atoms with Crippen molar-refractivity contribution in [1.82, 2.24) is 15.3 Å². The standard InChI is InChI=1S/C17H20Cl2N4O2/c1-11-22-15(17(24)21-7-8-25-2)10-16(23-11)20-6-5-12-3-4-13(18)9-14(12)19/h3-4,9-10H,5-8H2,1-2H3,(H,21,24)(H,20,22,23). The Labute approximate surface area is 156 Å². The fraction of sp³-hybridized carbons (Fsp3) is 0.353. The van der Waals surface area contributed by atoms with Crippen LogP contribution in [0.15, 0.2) is 24.3 Å². The molecule has 0 spiro atoms. The predicted octanol–water partition coefficient (Wildman–Crippen LogP) is 3.12. The van der Waals surface area contributed by atoms with Crippen LogP contribution in [0.5, 0.6) is 0 Å². The third-order valence-corrected chi connectivity index (χ3v) is 3.96. The van der Waals surface area contributed by atoms with Gasteiger partial charge < -0.3 is 15.4 Å². The number of benzene rings is 1. The van der Waals surface area contributed by atoms with E-state index in [1.165, 1.54) is 0 Å². The lowest BCUT2D eigenvalue weighted by Crippen LogP contribution is -2.28. The molecule has 0 aliphatic carbocycles. The van der Waals surface area contributed by atoms with Gasteiger partial charge in [-0.05, 0) is 31.0 Å². The van der Waals surface area contributed by atoms with E-state index in [0.29, 0.717) is 53.5 Å². The molecule has 0 aliphatic rings. The molecule has 1 heterocycles. The van der Waals surface area contributed by atoms with E-state index in [2.05, 4.69) is 20.6 Å². The highest BCUT2D eigenvalue weighted by molar-refractivity contribution is 6.35. The minimum atomic E-state index is -0.258. The number of halogens is 2. The number of amides is 1. The van der Waals surface area contributed by atoms with Crippen LogP contribution < -0.4 is 10.6 Å². The van der Waals surface area contributed by atoms with Crippen LogP contribution >= 0.6 is 23.2 Å². The number of aromatic nitrogens is 2. The molecule has 0 fully saturated rings. The van der Waals surface area contributed by atoms with Crippen molar-refractivity contribution in [3.63, 3.8) is 0 Å². The summed E-state index contributed by atoms with van der Waals surface area (Å²) in [5, 5.41) is 7.17. The average molecular weight is 383 g/mol. The monoisotopic (exact) mass is 382 g/mol. The third-order valence-electron chi connectivity index (χ3n) is 3.38. The van der Waals surface area contributed by atoms with E-state index in [1.807, 2.05) is 6.07 Å². The zero-order valence-electron chi connectivity index (χ0n) is 14.1. The van der Waals surface area contributed by atoms with Crippen LogP contribution in [0.4, 0.5) is 5.82 Å². The number of carbonyl (C=O) groups excluding carboxylic acids is 1. The molecule has 134 valence electrons. The van der Waals surface area contributed by atoms with Crippen molar-refractivity contribution in [3.05, 3.63) is 51.4 Å². The second kappa shape index (κ2) is 9.56. The number of methoxy groups -OCH3 is 1. The van der Waals surface area contributed by atoms with Crippen LogP contribution in [0.1, 0.15) is 21.9 Å². The number of nitrogens with one attached hydrogen (secondary N) is 2. The van der Waals surface area contributed by atoms with Gasteiger partial charge in [-0.3, -0.25) is 4.79 Å². The summed E-state index contributed by atoms with van der Waals surface area (Å²) >= 11 is 12.1. The van der Waals surface area contributed by atoms with Crippen molar-refractivity contribution in [2.24, 2.45) is 0 Å². The van der Waals surface area contributed by atoms with Crippen LogP contribution in [0.25, 0.3) is 0 Å². The normalized spacial score (nSPS) is 10.6. The number of rotatable bonds is 8. The maximum absolute atomic E-state index is 12.1. The van der Waals surface area contributed by atoms with E-state index in [4.69, 9.17) is 27.9 Å². The van der Waals surface area contributed by atoms with Crippen LogP contribution in [-0.2, 0) is 11.2 Å². The summed E-state index contributed by atoms with van der Waals surface area (Å²) in [7, 11) is 1.58. The lowest BCUT2D eigenvalue weighted by atomic mass is 10.1. The van der Waals surface area contributed by atoms with Crippen molar-refractivity contribution in [1.29, 1.82) is 0 Å². The Bertz CT molecular complexity index is 741. The molecular weight excluding hydrogens is 363 g/mol. The molecule has 0 saturated carbocycles. The summed E-state index contributed by atoms with van der Waals surface area (Å²) in [6, 6.07) is 7.04. The zero-order chi connectivity index (χ0) is 18.2. The van der Waals surface area contributed by atoms with Gasteiger partial charge in [0.25, 0.3) is 5.91 Å². The Morgan fingerprint density at radius 2 is 2.00 bits per heavy atom. The maximum atomic E-state index is 12.1. The summed E-state index contributed by atoms with van der Waals surface area (Å²) in [5.41, 5.74) is 1.30. The third kappa shape index (κ3) is 6.16. The smallest absolute Gasteiger partial charge is 0.270 e. The number of hydrogen-bond acceptors (Lipinski definition) is 5. The van der Waals surface area contributed by atoms with Crippen LogP contribution in [0.3, 0.4) is 0 Å². The Morgan fingerprint density at radius 1 is 1.20 bits per heavy atom. The molecule has 25 heavy (non-hydrogen) atoms. The summed E-state index contributed by atoms with van der Waals surface area (Å²) < 4.78 is 4.91. The highest BCUT2D eigenvalue weighted by Crippen LogP contribution is 2.21. The van der Waals surface area contributed by atoms with Gasteiger partial charge in [0.2, 0.25) is 0 Å². The Kier molecular flexibility index (Phi) is 7.43. The van der Waals surface area contributed by atoms with E-state index >= 15 is 0 Å². The number of aryl methyl sites for hydroxylation is 1. The molecule has 1 aromatic heterocycles. The maximum Gasteiger partial charge on any atom is 0.270 e. The van der Waals surface area contributed by atoms with Crippen LogP contribution in [0.2, 0.25) is 10.0 Å². The van der Waals surface area contributed by atoms with Gasteiger partial charge in [-0.2, -0.15) is 0 Å². The fourth-order valence-corrected chi connectivity index (χ4v) is 2.68. The van der Waals surface area contributed by atoms with Gasteiger partial charge >= 0.3 is 0 Å². The van der Waals surface area contributed by atoms with E-state index in [9.17, 15) is 4.79 Å². The summed E-state index contributed by atoms with van der Waals surface area (Å²) in [6.45, 7) is 3.23. The van der Waals surface area contributed by atoms with Crippen LogP contribution in [-0.4, -0.2) is 42.7 Å². The molecule has 2 aromatic rings. The molecule has 1 aromatic carbocycles. The predicted molar refractivity (Wildman–Crippen MR) is 99.6 cm³/mol. The van der Waals surface area contributed by atoms with Gasteiger partial charge in [-0.25, -0.2) is 9.97 Å². The van der Waals surface area contributed by atoms with E-state index in [1.54, 1.807) is 32.2 Å². The van der Waals surface area contributed by atoms with Gasteiger partial charge in [0.1, 0.15) is 17.3 Å². The molecule has 1 amide bonds. The van der Waals surface area contributed by atoms with Gasteiger partial charge in [-0.15, -0.1) is 0 Å². The van der Waals surface area contributed by atoms with E-state index in [-0.39, 0.29) is 5.91 Å². The summed E-state index contributed by atoms with van der Waals surface area (Å²) in [5.74, 6) is 0.854. The Hall–Kier alpha value is -1.89. The van der Waals surface area contributed by atoms with Crippen molar-refractivity contribution in [3.8, 4) is 0 Å². The Balaban J connectivity index is 1.96. The molecule has 0 saturated heterocycles. The quantitative estimate of drug-likeness (QED) is 0.685. The second-order valence-corrected chi connectivity index (χ2v) is 6.19. The molecule has 2 rings (SSSR count). The van der Waals surface area contributed by atoms with Gasteiger partial charge in [-0.1, -0.05) is 29.3 Å². The summed E-state index contributed by atoms with van der Waals surface area (Å²) in [6.07, 6.45) is 0.703. The zero-order valence-corrected chi connectivity index (χ0v) is 15.6. The first kappa shape index (κ1) is 19.4. The first-order chi connectivity index (χ1) is 12.0. The number of hydrogen-bond donors (Lipinski definition) is 2. The number of carbonyl (C=O) groups is 1. The molecule has 0 radical (unpaired) electrons. The topological polar surface area (TPSA) is 76.1 Å². The van der Waals surface area contributed by atoms with E-state index in [0.717, 1.165) is 5.56 Å².